The molecule has 1 aliphatic rings. The Bertz CT molecular complexity index is 447. The Hall–Kier alpha value is -1.75. The molecule has 0 saturated carbocycles. The van der Waals surface area contributed by atoms with Crippen molar-refractivity contribution in [2.24, 2.45) is 0 Å². The van der Waals surface area contributed by atoms with Crippen molar-refractivity contribution in [1.29, 1.82) is 0 Å². The Labute approximate surface area is 113 Å². The van der Waals surface area contributed by atoms with Crippen LogP contribution in [0, 0.1) is 0 Å². The average Bonchev–Trinajstić information content (AvgIpc) is 2.42. The van der Waals surface area contributed by atoms with Crippen LogP contribution < -0.4 is 14.4 Å². The SMILES string of the molecule is CCOc1ccc(N2CCOCC2=O)cc1OCC. The lowest BCUT2D eigenvalue weighted by atomic mass is 10.2. The number of anilines is 1. The standard InChI is InChI=1S/C14H19NO4/c1-3-18-12-6-5-11(9-13(12)19-4-2)15-7-8-17-10-14(15)16/h5-6,9H,3-4,7-8,10H2,1-2H3. The highest BCUT2D eigenvalue weighted by atomic mass is 16.5. The Balaban J connectivity index is 2.25. The minimum Gasteiger partial charge on any atom is -0.490 e. The van der Waals surface area contributed by atoms with E-state index in [1.165, 1.54) is 0 Å². The van der Waals surface area contributed by atoms with Crippen molar-refractivity contribution in [2.45, 2.75) is 13.8 Å². The van der Waals surface area contributed by atoms with Crippen LogP contribution in [0.4, 0.5) is 5.69 Å². The second kappa shape index (κ2) is 6.43. The molecule has 0 unspecified atom stereocenters. The molecule has 1 aliphatic heterocycles. The molecule has 0 aromatic heterocycles. The zero-order valence-electron chi connectivity index (χ0n) is 11.3. The summed E-state index contributed by atoms with van der Waals surface area (Å²) in [6.07, 6.45) is 0. The largest absolute Gasteiger partial charge is 0.490 e. The first-order valence-electron chi connectivity index (χ1n) is 6.54. The molecule has 0 aliphatic carbocycles. The lowest BCUT2D eigenvalue weighted by Crippen LogP contribution is -2.41. The van der Waals surface area contributed by atoms with Gasteiger partial charge in [0.15, 0.2) is 11.5 Å². The summed E-state index contributed by atoms with van der Waals surface area (Å²) in [5, 5.41) is 0. The number of rotatable bonds is 5. The maximum atomic E-state index is 11.8. The highest BCUT2D eigenvalue weighted by Gasteiger charge is 2.21. The van der Waals surface area contributed by atoms with Gasteiger partial charge in [0.05, 0.1) is 19.8 Å². The second-order valence-corrected chi connectivity index (χ2v) is 4.10. The number of morpholine rings is 1. The van der Waals surface area contributed by atoms with Crippen molar-refractivity contribution in [3.8, 4) is 11.5 Å². The number of hydrogen-bond acceptors (Lipinski definition) is 4. The molecule has 1 saturated heterocycles. The van der Waals surface area contributed by atoms with E-state index in [1.807, 2.05) is 32.0 Å². The van der Waals surface area contributed by atoms with Crippen LogP contribution in [0.25, 0.3) is 0 Å². The summed E-state index contributed by atoms with van der Waals surface area (Å²) in [5.41, 5.74) is 0.820. The molecule has 1 amide bonds. The Morgan fingerprint density at radius 3 is 2.63 bits per heavy atom. The van der Waals surface area contributed by atoms with Crippen LogP contribution in [0.1, 0.15) is 13.8 Å². The van der Waals surface area contributed by atoms with Crippen LogP contribution in [-0.2, 0) is 9.53 Å². The molecule has 5 nitrogen and oxygen atoms in total. The summed E-state index contributed by atoms with van der Waals surface area (Å²) in [5.74, 6) is 1.34. The van der Waals surface area contributed by atoms with Crippen LogP contribution >= 0.6 is 0 Å². The smallest absolute Gasteiger partial charge is 0.253 e. The summed E-state index contributed by atoms with van der Waals surface area (Å²) >= 11 is 0. The molecule has 1 aromatic rings. The lowest BCUT2D eigenvalue weighted by molar-refractivity contribution is -0.125. The monoisotopic (exact) mass is 265 g/mol. The van der Waals surface area contributed by atoms with E-state index in [4.69, 9.17) is 14.2 Å². The van der Waals surface area contributed by atoms with Crippen LogP contribution in [-0.4, -0.2) is 38.9 Å². The molecule has 0 N–H and O–H groups in total. The molecule has 0 radical (unpaired) electrons. The zero-order chi connectivity index (χ0) is 13.7. The van der Waals surface area contributed by atoms with Crippen LogP contribution in [0.2, 0.25) is 0 Å². The third-order valence-electron chi connectivity index (χ3n) is 2.82. The predicted octanol–water partition coefficient (Wildman–Crippen LogP) is 1.85. The van der Waals surface area contributed by atoms with Gasteiger partial charge in [0, 0.05) is 18.3 Å². The van der Waals surface area contributed by atoms with E-state index in [0.29, 0.717) is 37.9 Å². The first kappa shape index (κ1) is 13.7. The first-order chi connectivity index (χ1) is 9.26. The molecule has 0 atom stereocenters. The summed E-state index contributed by atoms with van der Waals surface area (Å²) in [4.78, 5) is 13.5. The number of ether oxygens (including phenoxy) is 3. The van der Waals surface area contributed by atoms with Gasteiger partial charge in [-0.25, -0.2) is 0 Å². The van der Waals surface area contributed by atoms with Gasteiger partial charge in [-0.05, 0) is 26.0 Å². The maximum Gasteiger partial charge on any atom is 0.253 e. The van der Waals surface area contributed by atoms with Crippen LogP contribution in [0.15, 0.2) is 18.2 Å². The third-order valence-corrected chi connectivity index (χ3v) is 2.82. The fourth-order valence-corrected chi connectivity index (χ4v) is 2.00. The van der Waals surface area contributed by atoms with Gasteiger partial charge in [-0.15, -0.1) is 0 Å². The van der Waals surface area contributed by atoms with Gasteiger partial charge in [0.1, 0.15) is 6.61 Å². The number of carbonyl (C=O) groups excluding carboxylic acids is 1. The second-order valence-electron chi connectivity index (χ2n) is 4.10. The minimum atomic E-state index is -0.0298. The van der Waals surface area contributed by atoms with Gasteiger partial charge in [-0.3, -0.25) is 4.79 Å². The molecule has 0 spiro atoms. The number of benzene rings is 1. The quantitative estimate of drug-likeness (QED) is 0.815. The van der Waals surface area contributed by atoms with E-state index in [0.717, 1.165) is 5.69 Å². The molecule has 1 heterocycles. The fraction of sp³-hybridized carbons (Fsp3) is 0.500. The maximum absolute atomic E-state index is 11.8. The topological polar surface area (TPSA) is 48.0 Å². The molecular formula is C14H19NO4. The van der Waals surface area contributed by atoms with Gasteiger partial charge in [0.2, 0.25) is 0 Å². The molecule has 19 heavy (non-hydrogen) atoms. The first-order valence-corrected chi connectivity index (χ1v) is 6.54. The van der Waals surface area contributed by atoms with Crippen molar-refractivity contribution < 1.29 is 19.0 Å². The van der Waals surface area contributed by atoms with E-state index in [1.54, 1.807) is 4.90 Å². The van der Waals surface area contributed by atoms with Crippen molar-refractivity contribution in [3.05, 3.63) is 18.2 Å². The number of hydrogen-bond donors (Lipinski definition) is 0. The zero-order valence-corrected chi connectivity index (χ0v) is 11.3. The Kier molecular flexibility index (Phi) is 4.63. The van der Waals surface area contributed by atoms with Gasteiger partial charge in [0.25, 0.3) is 5.91 Å². The van der Waals surface area contributed by atoms with E-state index < -0.39 is 0 Å². The molecule has 1 aromatic carbocycles. The summed E-state index contributed by atoms with van der Waals surface area (Å²) in [6.45, 7) is 6.24. The van der Waals surface area contributed by atoms with Crippen molar-refractivity contribution in [2.75, 3.05) is 37.9 Å². The van der Waals surface area contributed by atoms with Crippen molar-refractivity contribution >= 4 is 11.6 Å². The van der Waals surface area contributed by atoms with Gasteiger partial charge in [-0.2, -0.15) is 0 Å². The normalized spacial score (nSPS) is 15.5. The van der Waals surface area contributed by atoms with Crippen LogP contribution in [0.5, 0.6) is 11.5 Å². The number of carbonyl (C=O) groups is 1. The minimum absolute atomic E-state index is 0.0298. The molecule has 0 bridgehead atoms. The Morgan fingerprint density at radius 1 is 1.21 bits per heavy atom. The molecular weight excluding hydrogens is 246 g/mol. The number of amides is 1. The van der Waals surface area contributed by atoms with E-state index in [2.05, 4.69) is 0 Å². The van der Waals surface area contributed by atoms with E-state index in [9.17, 15) is 4.79 Å². The summed E-state index contributed by atoms with van der Waals surface area (Å²) < 4.78 is 16.2. The number of nitrogens with zero attached hydrogens (tertiary/aromatic N) is 1. The highest BCUT2D eigenvalue weighted by Crippen LogP contribution is 2.32. The van der Waals surface area contributed by atoms with Crippen molar-refractivity contribution in [3.63, 3.8) is 0 Å². The molecule has 5 heteroatoms. The molecule has 2 rings (SSSR count). The average molecular weight is 265 g/mol. The van der Waals surface area contributed by atoms with Gasteiger partial charge >= 0.3 is 0 Å². The predicted molar refractivity (Wildman–Crippen MR) is 72.0 cm³/mol. The molecule has 1 fully saturated rings. The third kappa shape index (κ3) is 3.17. The fourth-order valence-electron chi connectivity index (χ4n) is 2.00. The van der Waals surface area contributed by atoms with Crippen LogP contribution in [0.3, 0.4) is 0 Å². The summed E-state index contributed by atoms with van der Waals surface area (Å²) in [6, 6.07) is 5.56. The lowest BCUT2D eigenvalue weighted by Gasteiger charge is -2.27. The van der Waals surface area contributed by atoms with Crippen molar-refractivity contribution in [1.82, 2.24) is 0 Å². The molecule has 104 valence electrons. The van der Waals surface area contributed by atoms with E-state index in [-0.39, 0.29) is 12.5 Å². The van der Waals surface area contributed by atoms with Gasteiger partial charge in [-0.1, -0.05) is 0 Å². The Morgan fingerprint density at radius 2 is 1.95 bits per heavy atom. The van der Waals surface area contributed by atoms with E-state index >= 15 is 0 Å². The highest BCUT2D eigenvalue weighted by molar-refractivity contribution is 5.95. The summed E-state index contributed by atoms with van der Waals surface area (Å²) in [7, 11) is 0. The van der Waals surface area contributed by atoms with Gasteiger partial charge < -0.3 is 19.1 Å².